The quantitative estimate of drug-likeness (QED) is 0.573. The topological polar surface area (TPSA) is 84.2 Å². The molecule has 0 fully saturated rings. The number of anilines is 1. The summed E-state index contributed by atoms with van der Waals surface area (Å²) >= 11 is 0. The van der Waals surface area contributed by atoms with Gasteiger partial charge in [-0.15, -0.1) is 12.4 Å². The van der Waals surface area contributed by atoms with Crippen molar-refractivity contribution < 1.29 is 9.59 Å². The number of nitrogens with one attached hydrogen (secondary N) is 2. The van der Waals surface area contributed by atoms with Crippen LogP contribution in [0.25, 0.3) is 10.9 Å². The molecule has 0 aliphatic carbocycles. The first-order valence-electron chi connectivity index (χ1n) is 9.80. The minimum atomic E-state index is -0.490. The van der Waals surface area contributed by atoms with E-state index in [1.807, 2.05) is 67.0 Å². The van der Waals surface area contributed by atoms with Gasteiger partial charge in [0.25, 0.3) is 0 Å². The number of hydrogen-bond acceptors (Lipinski definition) is 4. The van der Waals surface area contributed by atoms with Crippen molar-refractivity contribution in [1.29, 1.82) is 0 Å². The molecule has 0 spiro atoms. The third-order valence-electron chi connectivity index (χ3n) is 5.07. The van der Waals surface area contributed by atoms with Crippen LogP contribution < -0.4 is 10.6 Å². The Morgan fingerprint density at radius 2 is 1.93 bits per heavy atom. The summed E-state index contributed by atoms with van der Waals surface area (Å²) < 4.78 is 3.61. The molecule has 0 aliphatic heterocycles. The van der Waals surface area contributed by atoms with Crippen molar-refractivity contribution in [2.45, 2.75) is 26.4 Å². The number of amides is 2. The van der Waals surface area contributed by atoms with Crippen LogP contribution in [0.3, 0.4) is 0 Å². The van der Waals surface area contributed by atoms with E-state index in [2.05, 4.69) is 15.7 Å². The summed E-state index contributed by atoms with van der Waals surface area (Å²) in [4.78, 5) is 26.9. The molecule has 1 atom stereocenters. The van der Waals surface area contributed by atoms with Crippen LogP contribution in [-0.2, 0) is 23.2 Å². The van der Waals surface area contributed by atoms with Crippen LogP contribution >= 0.6 is 12.4 Å². The van der Waals surface area contributed by atoms with Gasteiger partial charge in [0.2, 0.25) is 11.8 Å². The van der Waals surface area contributed by atoms with Crippen molar-refractivity contribution in [3.05, 3.63) is 48.4 Å². The summed E-state index contributed by atoms with van der Waals surface area (Å²) in [6.45, 7) is 5.67. The normalized spacial score (nSPS) is 11.7. The van der Waals surface area contributed by atoms with Crippen LogP contribution in [0.5, 0.6) is 0 Å². The lowest BCUT2D eigenvalue weighted by Crippen LogP contribution is -2.33. The highest BCUT2D eigenvalue weighted by atomic mass is 35.5. The third kappa shape index (κ3) is 5.01. The second kappa shape index (κ2) is 10.3. The molecule has 1 aromatic carbocycles. The zero-order chi connectivity index (χ0) is 21.0. The molecule has 3 rings (SSSR count). The van der Waals surface area contributed by atoms with Crippen LogP contribution in [0.4, 0.5) is 5.69 Å². The van der Waals surface area contributed by atoms with Gasteiger partial charge in [0.15, 0.2) is 0 Å². The average Bonchev–Trinajstić information content (AvgIpc) is 3.29. The van der Waals surface area contributed by atoms with Gasteiger partial charge in [0, 0.05) is 54.7 Å². The molecular formula is C21H29ClN6O2. The van der Waals surface area contributed by atoms with E-state index in [0.717, 1.165) is 16.5 Å². The lowest BCUT2D eigenvalue weighted by Gasteiger charge is -2.19. The number of rotatable bonds is 8. The van der Waals surface area contributed by atoms with E-state index in [9.17, 15) is 9.59 Å². The molecule has 2 N–H and O–H groups in total. The summed E-state index contributed by atoms with van der Waals surface area (Å²) in [6, 6.07) is 7.17. The second-order valence-electron chi connectivity index (χ2n) is 6.94. The van der Waals surface area contributed by atoms with E-state index < -0.39 is 6.04 Å². The van der Waals surface area contributed by atoms with E-state index >= 15 is 0 Å². The Kier molecular flexibility index (Phi) is 8.02. The Morgan fingerprint density at radius 1 is 1.20 bits per heavy atom. The lowest BCUT2D eigenvalue weighted by molar-refractivity contribution is -0.131. The molecule has 0 saturated carbocycles. The van der Waals surface area contributed by atoms with E-state index in [4.69, 9.17) is 0 Å². The molecular weight excluding hydrogens is 404 g/mol. The van der Waals surface area contributed by atoms with Crippen molar-refractivity contribution in [3.63, 3.8) is 0 Å². The van der Waals surface area contributed by atoms with E-state index in [1.54, 1.807) is 17.9 Å². The fraction of sp³-hybridized carbons (Fsp3) is 0.381. The second-order valence-corrected chi connectivity index (χ2v) is 6.94. The van der Waals surface area contributed by atoms with Crippen molar-refractivity contribution in [1.82, 2.24) is 24.6 Å². The highest BCUT2D eigenvalue weighted by molar-refractivity contribution is 5.97. The molecule has 162 valence electrons. The van der Waals surface area contributed by atoms with Crippen molar-refractivity contribution in [3.8, 4) is 0 Å². The maximum Gasteiger partial charge on any atom is 0.246 e. The van der Waals surface area contributed by atoms with Crippen LogP contribution in [0.2, 0.25) is 0 Å². The van der Waals surface area contributed by atoms with E-state index in [0.29, 0.717) is 25.3 Å². The maximum atomic E-state index is 12.7. The predicted octanol–water partition coefficient (Wildman–Crippen LogP) is 2.56. The number of benzene rings is 1. The van der Waals surface area contributed by atoms with Gasteiger partial charge in [0.05, 0.1) is 6.20 Å². The molecule has 1 unspecified atom stereocenters. The number of carbonyl (C=O) groups excluding carboxylic acids is 2. The van der Waals surface area contributed by atoms with Gasteiger partial charge in [-0.3, -0.25) is 14.3 Å². The number of halogens is 1. The molecule has 2 aromatic heterocycles. The predicted molar refractivity (Wildman–Crippen MR) is 121 cm³/mol. The van der Waals surface area contributed by atoms with Crippen LogP contribution in [0.1, 0.15) is 25.5 Å². The highest BCUT2D eigenvalue weighted by Gasteiger charge is 2.20. The van der Waals surface area contributed by atoms with Gasteiger partial charge in [-0.2, -0.15) is 5.10 Å². The van der Waals surface area contributed by atoms with Gasteiger partial charge in [-0.25, -0.2) is 0 Å². The smallest absolute Gasteiger partial charge is 0.246 e. The van der Waals surface area contributed by atoms with Gasteiger partial charge in [-0.05, 0) is 45.2 Å². The van der Waals surface area contributed by atoms with Crippen LogP contribution in [0, 0.1) is 0 Å². The maximum absolute atomic E-state index is 12.7. The molecule has 8 nitrogen and oxygen atoms in total. The minimum Gasteiger partial charge on any atom is -0.342 e. The Balaban J connectivity index is 0.00000320. The molecule has 30 heavy (non-hydrogen) atoms. The monoisotopic (exact) mass is 432 g/mol. The Bertz CT molecular complexity index is 1010. The van der Waals surface area contributed by atoms with Gasteiger partial charge in [0.1, 0.15) is 12.6 Å². The van der Waals surface area contributed by atoms with Crippen LogP contribution in [0.15, 0.2) is 42.9 Å². The van der Waals surface area contributed by atoms with Gasteiger partial charge >= 0.3 is 0 Å². The lowest BCUT2D eigenvalue weighted by atomic mass is 10.1. The first-order chi connectivity index (χ1) is 14.0. The summed E-state index contributed by atoms with van der Waals surface area (Å²) in [5.74, 6) is -0.0609. The summed E-state index contributed by atoms with van der Waals surface area (Å²) in [7, 11) is 3.56. The number of fused-ring (bicyclic) bond motifs is 1. The Labute approximate surface area is 182 Å². The van der Waals surface area contributed by atoms with Crippen molar-refractivity contribution in [2.24, 2.45) is 7.05 Å². The SMILES string of the molecule is CCN(CC)C(=O)Cn1ccc2cc(NC(=O)C(NC)c3cnn(C)c3)ccc21.Cl. The van der Waals surface area contributed by atoms with E-state index in [1.165, 1.54) is 0 Å². The highest BCUT2D eigenvalue weighted by Crippen LogP contribution is 2.22. The fourth-order valence-corrected chi connectivity index (χ4v) is 3.49. The number of nitrogens with zero attached hydrogens (tertiary/aromatic N) is 4. The summed E-state index contributed by atoms with van der Waals surface area (Å²) in [5.41, 5.74) is 2.47. The molecule has 0 radical (unpaired) electrons. The Hall–Kier alpha value is -2.84. The average molecular weight is 433 g/mol. The first kappa shape index (κ1) is 23.4. The molecule has 2 heterocycles. The molecule has 0 saturated heterocycles. The number of carbonyl (C=O) groups is 2. The summed E-state index contributed by atoms with van der Waals surface area (Å²) in [5, 5.41) is 11.1. The number of aromatic nitrogens is 3. The van der Waals surface area contributed by atoms with Gasteiger partial charge < -0.3 is 20.1 Å². The standard InChI is InChI=1S/C21H28N6O2.ClH/c1-5-26(6-2)19(28)14-27-10-9-15-11-17(7-8-18(15)27)24-21(29)20(22-3)16-12-23-25(4)13-16;/h7-13,20,22H,5-6,14H2,1-4H3,(H,24,29);1H. The molecule has 9 heteroatoms. The zero-order valence-electron chi connectivity index (χ0n) is 17.8. The first-order valence-corrected chi connectivity index (χ1v) is 9.80. The van der Waals surface area contributed by atoms with E-state index in [-0.39, 0.29) is 24.2 Å². The number of likely N-dealkylation sites (N-methyl/N-ethyl adjacent to an activating group) is 2. The molecule has 3 aromatic rings. The van der Waals surface area contributed by atoms with Crippen LogP contribution in [-0.4, -0.2) is 51.2 Å². The van der Waals surface area contributed by atoms with Crippen molar-refractivity contribution in [2.75, 3.05) is 25.5 Å². The third-order valence-corrected chi connectivity index (χ3v) is 5.07. The number of aryl methyl sites for hydroxylation is 1. The molecule has 0 bridgehead atoms. The summed E-state index contributed by atoms with van der Waals surface area (Å²) in [6.07, 6.45) is 5.40. The molecule has 2 amide bonds. The van der Waals surface area contributed by atoms with Gasteiger partial charge in [-0.1, -0.05) is 0 Å². The Morgan fingerprint density at radius 3 is 2.53 bits per heavy atom. The van der Waals surface area contributed by atoms with Crippen molar-refractivity contribution >= 4 is 40.8 Å². The fourth-order valence-electron chi connectivity index (χ4n) is 3.49. The number of hydrogen-bond donors (Lipinski definition) is 2. The zero-order valence-corrected chi connectivity index (χ0v) is 18.6. The molecule has 0 aliphatic rings. The minimum absolute atomic E-state index is 0. The largest absolute Gasteiger partial charge is 0.342 e.